The fourth-order valence-electron chi connectivity index (χ4n) is 4.00. The second kappa shape index (κ2) is 9.07. The highest BCUT2D eigenvalue weighted by molar-refractivity contribution is 5.77. The minimum atomic E-state index is 0.0711. The van der Waals surface area contributed by atoms with E-state index in [4.69, 9.17) is 0 Å². The van der Waals surface area contributed by atoms with Gasteiger partial charge in [-0.3, -0.25) is 14.1 Å². The fraction of sp³-hybridized carbons (Fsp3) is 0.348. The molecule has 0 amide bonds. The van der Waals surface area contributed by atoms with E-state index in [0.717, 1.165) is 47.3 Å². The zero-order valence-corrected chi connectivity index (χ0v) is 18.2. The van der Waals surface area contributed by atoms with Gasteiger partial charge >= 0.3 is 5.69 Å². The Morgan fingerprint density at radius 2 is 1.87 bits per heavy atom. The van der Waals surface area contributed by atoms with Crippen molar-refractivity contribution in [2.24, 2.45) is 0 Å². The quantitative estimate of drug-likeness (QED) is 0.473. The molecule has 0 atom stereocenters. The smallest absolute Gasteiger partial charge is 0.297 e. The van der Waals surface area contributed by atoms with Gasteiger partial charge in [0, 0.05) is 29.7 Å². The zero-order valence-electron chi connectivity index (χ0n) is 18.2. The lowest BCUT2D eigenvalue weighted by Crippen LogP contribution is -2.25. The number of H-pyrrole nitrogens is 1. The van der Waals surface area contributed by atoms with Crippen LogP contribution in [-0.4, -0.2) is 34.7 Å². The number of nitrogens with zero attached hydrogens (tertiary/aromatic N) is 6. The number of hydrogen-bond donors (Lipinski definition) is 1. The van der Waals surface area contributed by atoms with Crippen LogP contribution in [0.1, 0.15) is 43.6 Å². The number of nitrogens with one attached hydrogen (secondary N) is 1. The number of imidazole rings is 1. The van der Waals surface area contributed by atoms with E-state index < -0.39 is 0 Å². The van der Waals surface area contributed by atoms with Crippen molar-refractivity contribution in [2.45, 2.75) is 53.1 Å². The summed E-state index contributed by atoms with van der Waals surface area (Å²) in [5.74, 6) is 0.461. The first-order valence-electron chi connectivity index (χ1n) is 10.7. The van der Waals surface area contributed by atoms with Crippen LogP contribution in [0.2, 0.25) is 0 Å². The lowest BCUT2D eigenvalue weighted by atomic mass is 10.0. The van der Waals surface area contributed by atoms with Gasteiger partial charge in [-0.15, -0.1) is 10.2 Å². The number of unbranched alkanes of at least 4 members (excludes halogenated alkanes) is 1. The Bertz CT molecular complexity index is 1200. The molecule has 1 N–H and O–H groups in total. The van der Waals surface area contributed by atoms with Crippen LogP contribution in [0, 0.1) is 6.92 Å². The Balaban J connectivity index is 1.65. The molecule has 0 saturated carbocycles. The summed E-state index contributed by atoms with van der Waals surface area (Å²) in [4.78, 5) is 17.4. The molecule has 0 aliphatic carbocycles. The molecule has 0 unspecified atom stereocenters. The van der Waals surface area contributed by atoms with Crippen molar-refractivity contribution in [3.8, 4) is 22.6 Å². The molecule has 3 heterocycles. The maximum absolute atomic E-state index is 13.0. The van der Waals surface area contributed by atoms with E-state index in [1.807, 2.05) is 28.2 Å². The number of aromatic amines is 1. The third-order valence-corrected chi connectivity index (χ3v) is 5.66. The van der Waals surface area contributed by atoms with E-state index in [1.54, 1.807) is 6.20 Å². The van der Waals surface area contributed by atoms with Gasteiger partial charge in [0.1, 0.15) is 5.69 Å². The van der Waals surface area contributed by atoms with Gasteiger partial charge in [-0.25, -0.2) is 4.79 Å². The Morgan fingerprint density at radius 3 is 2.55 bits per heavy atom. The monoisotopic (exact) mass is 417 g/mol. The standard InChI is InChI=1S/C23H27N7O/c1-4-6-9-20-16(3)29(5-2)23(31)30(20)15-17-10-12-18(13-11-17)19-8-7-14-24-21(19)22-25-27-28-26-22/h7-8,10-14H,4-6,9,15H2,1-3H3,(H,25,26,27,28). The van der Waals surface area contributed by atoms with Crippen molar-refractivity contribution in [3.63, 3.8) is 0 Å². The van der Waals surface area contributed by atoms with Crippen LogP contribution in [0.5, 0.6) is 0 Å². The number of benzene rings is 1. The molecule has 3 aromatic heterocycles. The van der Waals surface area contributed by atoms with E-state index in [0.29, 0.717) is 24.6 Å². The first-order chi connectivity index (χ1) is 15.1. The van der Waals surface area contributed by atoms with E-state index in [2.05, 4.69) is 63.7 Å². The average molecular weight is 418 g/mol. The summed E-state index contributed by atoms with van der Waals surface area (Å²) in [6, 6.07) is 12.1. The molecule has 4 rings (SSSR count). The summed E-state index contributed by atoms with van der Waals surface area (Å²) < 4.78 is 3.80. The molecule has 1 aromatic carbocycles. The van der Waals surface area contributed by atoms with Gasteiger partial charge in [0.25, 0.3) is 0 Å². The number of rotatable bonds is 8. The van der Waals surface area contributed by atoms with Crippen LogP contribution in [0.25, 0.3) is 22.6 Å². The molecule has 0 radical (unpaired) electrons. The molecule has 0 spiro atoms. The van der Waals surface area contributed by atoms with Crippen molar-refractivity contribution in [1.82, 2.24) is 34.7 Å². The largest absolute Gasteiger partial charge is 0.328 e. The molecule has 0 fully saturated rings. The van der Waals surface area contributed by atoms with Crippen LogP contribution in [0.4, 0.5) is 0 Å². The first-order valence-corrected chi connectivity index (χ1v) is 10.7. The maximum atomic E-state index is 13.0. The van der Waals surface area contributed by atoms with Crippen molar-refractivity contribution in [2.75, 3.05) is 0 Å². The minimum absolute atomic E-state index is 0.0711. The van der Waals surface area contributed by atoms with Crippen LogP contribution in [0.15, 0.2) is 47.4 Å². The molecule has 31 heavy (non-hydrogen) atoms. The normalized spacial score (nSPS) is 11.2. The highest BCUT2D eigenvalue weighted by Gasteiger charge is 2.16. The summed E-state index contributed by atoms with van der Waals surface area (Å²) in [7, 11) is 0. The number of hydrogen-bond acceptors (Lipinski definition) is 5. The van der Waals surface area contributed by atoms with Gasteiger partial charge in [0.15, 0.2) is 0 Å². The van der Waals surface area contributed by atoms with E-state index in [-0.39, 0.29) is 5.69 Å². The molecule has 8 nitrogen and oxygen atoms in total. The van der Waals surface area contributed by atoms with Gasteiger partial charge in [-0.1, -0.05) is 43.7 Å². The number of tetrazole rings is 1. The Hall–Kier alpha value is -3.55. The van der Waals surface area contributed by atoms with Crippen LogP contribution < -0.4 is 5.69 Å². The SMILES string of the molecule is CCCCc1c(C)n(CC)c(=O)n1Cc1ccc(-c2cccnc2-c2nn[nH]n2)cc1. The third-order valence-electron chi connectivity index (χ3n) is 5.66. The molecule has 4 aromatic rings. The van der Waals surface area contributed by atoms with E-state index in [1.165, 1.54) is 0 Å². The fourth-order valence-corrected chi connectivity index (χ4v) is 4.00. The summed E-state index contributed by atoms with van der Waals surface area (Å²) >= 11 is 0. The Kier molecular flexibility index (Phi) is 6.06. The molecular formula is C23H27N7O. The number of pyridine rings is 1. The molecule has 0 bridgehead atoms. The van der Waals surface area contributed by atoms with Crippen LogP contribution in [-0.2, 0) is 19.5 Å². The van der Waals surface area contributed by atoms with Gasteiger partial charge in [0.05, 0.1) is 6.54 Å². The summed E-state index contributed by atoms with van der Waals surface area (Å²) in [6.07, 6.45) is 4.82. The highest BCUT2D eigenvalue weighted by atomic mass is 16.1. The zero-order chi connectivity index (χ0) is 21.8. The van der Waals surface area contributed by atoms with E-state index >= 15 is 0 Å². The maximum Gasteiger partial charge on any atom is 0.328 e. The topological polar surface area (TPSA) is 94.3 Å². The molecule has 0 saturated heterocycles. The predicted molar refractivity (Wildman–Crippen MR) is 120 cm³/mol. The Labute approximate surface area is 181 Å². The first kappa shape index (κ1) is 20.7. The third kappa shape index (κ3) is 4.05. The van der Waals surface area contributed by atoms with Crippen molar-refractivity contribution >= 4 is 0 Å². The van der Waals surface area contributed by atoms with Gasteiger partial charge in [-0.05, 0) is 49.1 Å². The van der Waals surface area contributed by atoms with Crippen LogP contribution in [0.3, 0.4) is 0 Å². The Morgan fingerprint density at radius 1 is 1.06 bits per heavy atom. The van der Waals surface area contributed by atoms with Crippen LogP contribution >= 0.6 is 0 Å². The average Bonchev–Trinajstić information content (AvgIpc) is 3.41. The lowest BCUT2D eigenvalue weighted by Gasteiger charge is -2.10. The van der Waals surface area contributed by atoms with Crippen molar-refractivity contribution in [1.29, 1.82) is 0 Å². The summed E-state index contributed by atoms with van der Waals surface area (Å²) in [5.41, 5.74) is 6.00. The molecule has 160 valence electrons. The number of aromatic nitrogens is 7. The van der Waals surface area contributed by atoms with Gasteiger partial charge < -0.3 is 0 Å². The van der Waals surface area contributed by atoms with Gasteiger partial charge in [-0.2, -0.15) is 5.21 Å². The van der Waals surface area contributed by atoms with Crippen molar-refractivity contribution < 1.29 is 0 Å². The predicted octanol–water partition coefficient (Wildman–Crippen LogP) is 3.61. The minimum Gasteiger partial charge on any atom is -0.297 e. The van der Waals surface area contributed by atoms with Crippen molar-refractivity contribution in [3.05, 3.63) is 70.0 Å². The second-order valence-electron chi connectivity index (χ2n) is 7.58. The van der Waals surface area contributed by atoms with Gasteiger partial charge in [0.2, 0.25) is 5.82 Å². The van der Waals surface area contributed by atoms with E-state index in [9.17, 15) is 4.79 Å². The summed E-state index contributed by atoms with van der Waals surface area (Å²) in [6.45, 7) is 7.50. The second-order valence-corrected chi connectivity index (χ2v) is 7.58. The highest BCUT2D eigenvalue weighted by Crippen LogP contribution is 2.28. The lowest BCUT2D eigenvalue weighted by molar-refractivity contribution is 0.645. The molecule has 8 heteroatoms. The molecule has 0 aliphatic rings. The summed E-state index contributed by atoms with van der Waals surface area (Å²) in [5, 5.41) is 14.2. The molecular weight excluding hydrogens is 390 g/mol. The molecule has 0 aliphatic heterocycles.